The maximum atomic E-state index is 12.7. The number of carboxylic acids is 1. The first-order valence-corrected chi connectivity index (χ1v) is 8.78. The van der Waals surface area contributed by atoms with E-state index < -0.39 is 17.6 Å². The van der Waals surface area contributed by atoms with E-state index in [9.17, 15) is 14.7 Å². The topological polar surface area (TPSA) is 76.1 Å². The summed E-state index contributed by atoms with van der Waals surface area (Å²) in [4.78, 5) is 26.2. The van der Waals surface area contributed by atoms with Crippen LogP contribution in [0.3, 0.4) is 0 Å². The largest absolute Gasteiger partial charge is 0.479 e. The van der Waals surface area contributed by atoms with Crippen LogP contribution in [0.15, 0.2) is 30.3 Å². The predicted octanol–water partition coefficient (Wildman–Crippen LogP) is 3.45. The van der Waals surface area contributed by atoms with Gasteiger partial charge in [-0.15, -0.1) is 0 Å². The van der Waals surface area contributed by atoms with E-state index in [4.69, 9.17) is 9.47 Å². The van der Waals surface area contributed by atoms with Crippen LogP contribution in [0.5, 0.6) is 0 Å². The smallest absolute Gasteiger partial charge is 0.411 e. The highest BCUT2D eigenvalue weighted by molar-refractivity contribution is 5.84. The van der Waals surface area contributed by atoms with Crippen LogP contribution in [-0.4, -0.2) is 47.4 Å². The summed E-state index contributed by atoms with van der Waals surface area (Å²) in [5.74, 6) is -0.987. The highest BCUT2D eigenvalue weighted by atomic mass is 16.6. The fraction of sp³-hybridized carbons (Fsp3) is 0.579. The minimum Gasteiger partial charge on any atom is -0.479 e. The molecule has 0 bridgehead atoms. The lowest BCUT2D eigenvalue weighted by molar-refractivity contribution is -0.156. The second kappa shape index (κ2) is 8.85. The van der Waals surface area contributed by atoms with E-state index in [0.29, 0.717) is 32.2 Å². The number of hydrogen-bond donors (Lipinski definition) is 1. The molecule has 6 heteroatoms. The van der Waals surface area contributed by atoms with E-state index in [0.717, 1.165) is 12.0 Å². The van der Waals surface area contributed by atoms with Gasteiger partial charge in [-0.25, -0.2) is 9.59 Å². The van der Waals surface area contributed by atoms with Gasteiger partial charge in [-0.2, -0.15) is 0 Å². The molecule has 0 aromatic heterocycles. The SMILES string of the molecule is CCCN(C(=O)OCc1ccccc1)C1(C(=O)O)CCCC(OC)C1. The fourth-order valence-electron chi connectivity index (χ4n) is 3.46. The molecular formula is C19H27NO5. The number of nitrogens with zero attached hydrogens (tertiary/aromatic N) is 1. The second-order valence-corrected chi connectivity index (χ2v) is 6.48. The lowest BCUT2D eigenvalue weighted by Gasteiger charge is -2.44. The lowest BCUT2D eigenvalue weighted by Crippen LogP contribution is -2.60. The van der Waals surface area contributed by atoms with Gasteiger partial charge in [0.25, 0.3) is 0 Å². The molecule has 0 heterocycles. The summed E-state index contributed by atoms with van der Waals surface area (Å²) in [5, 5.41) is 9.93. The van der Waals surface area contributed by atoms with E-state index in [1.54, 1.807) is 7.11 Å². The zero-order chi connectivity index (χ0) is 18.3. The van der Waals surface area contributed by atoms with Crippen molar-refractivity contribution < 1.29 is 24.2 Å². The number of benzene rings is 1. The summed E-state index contributed by atoms with van der Waals surface area (Å²) in [5.41, 5.74) is -0.391. The van der Waals surface area contributed by atoms with Gasteiger partial charge in [0.15, 0.2) is 0 Å². The lowest BCUT2D eigenvalue weighted by atomic mass is 9.78. The summed E-state index contributed by atoms with van der Waals surface area (Å²) in [6.07, 6.45) is 2.15. The van der Waals surface area contributed by atoms with Crippen molar-refractivity contribution in [1.29, 1.82) is 0 Å². The first-order chi connectivity index (χ1) is 12.0. The van der Waals surface area contributed by atoms with Crippen molar-refractivity contribution in [2.24, 2.45) is 0 Å². The summed E-state index contributed by atoms with van der Waals surface area (Å²) >= 11 is 0. The average molecular weight is 349 g/mol. The highest BCUT2D eigenvalue weighted by Crippen LogP contribution is 2.36. The Hall–Kier alpha value is -2.08. The Kier molecular flexibility index (Phi) is 6.82. The molecule has 0 radical (unpaired) electrons. The summed E-state index contributed by atoms with van der Waals surface area (Å²) < 4.78 is 10.8. The molecule has 2 unspecified atom stereocenters. The van der Waals surface area contributed by atoms with Crippen LogP contribution in [-0.2, 0) is 20.9 Å². The van der Waals surface area contributed by atoms with Gasteiger partial charge in [-0.05, 0) is 31.2 Å². The average Bonchev–Trinajstić information content (AvgIpc) is 2.64. The number of methoxy groups -OCH3 is 1. The maximum absolute atomic E-state index is 12.7. The molecule has 0 aliphatic heterocycles. The molecule has 1 aliphatic rings. The number of hydrogen-bond acceptors (Lipinski definition) is 4. The van der Waals surface area contributed by atoms with E-state index in [1.165, 1.54) is 4.90 Å². The van der Waals surface area contributed by atoms with Gasteiger partial charge >= 0.3 is 12.1 Å². The molecule has 1 N–H and O–H groups in total. The fourth-order valence-corrected chi connectivity index (χ4v) is 3.46. The van der Waals surface area contributed by atoms with E-state index in [-0.39, 0.29) is 12.7 Å². The molecule has 1 saturated carbocycles. The normalized spacial score (nSPS) is 23.0. The minimum atomic E-state index is -1.26. The van der Waals surface area contributed by atoms with Gasteiger partial charge in [0.05, 0.1) is 6.10 Å². The molecule has 0 spiro atoms. The maximum Gasteiger partial charge on any atom is 0.411 e. The van der Waals surface area contributed by atoms with E-state index >= 15 is 0 Å². The van der Waals surface area contributed by atoms with Crippen LogP contribution in [0.4, 0.5) is 4.79 Å². The number of rotatable bonds is 7. The van der Waals surface area contributed by atoms with Crippen molar-refractivity contribution in [3.05, 3.63) is 35.9 Å². The van der Waals surface area contributed by atoms with Crippen LogP contribution < -0.4 is 0 Å². The third-order valence-electron chi connectivity index (χ3n) is 4.80. The van der Waals surface area contributed by atoms with Gasteiger partial charge in [-0.1, -0.05) is 37.3 Å². The Morgan fingerprint density at radius 2 is 2.04 bits per heavy atom. The quantitative estimate of drug-likeness (QED) is 0.816. The van der Waals surface area contributed by atoms with Crippen molar-refractivity contribution in [3.8, 4) is 0 Å². The Balaban J connectivity index is 2.17. The van der Waals surface area contributed by atoms with Crippen LogP contribution >= 0.6 is 0 Å². The molecule has 6 nitrogen and oxygen atoms in total. The van der Waals surface area contributed by atoms with Crippen LogP contribution in [0.25, 0.3) is 0 Å². The Morgan fingerprint density at radius 3 is 2.64 bits per heavy atom. The molecule has 1 aromatic carbocycles. The summed E-state index contributed by atoms with van der Waals surface area (Å²) in [7, 11) is 1.58. The van der Waals surface area contributed by atoms with Gasteiger partial charge in [0.2, 0.25) is 0 Å². The molecule has 2 atom stereocenters. The Morgan fingerprint density at radius 1 is 1.32 bits per heavy atom. The summed E-state index contributed by atoms with van der Waals surface area (Å²) in [6, 6.07) is 9.37. The predicted molar refractivity (Wildman–Crippen MR) is 93.3 cm³/mol. The molecule has 1 aliphatic carbocycles. The van der Waals surface area contributed by atoms with Gasteiger partial charge < -0.3 is 14.6 Å². The molecule has 2 rings (SSSR count). The van der Waals surface area contributed by atoms with Crippen molar-refractivity contribution in [2.75, 3.05) is 13.7 Å². The molecule has 138 valence electrons. The third kappa shape index (κ3) is 4.51. The number of ether oxygens (including phenoxy) is 2. The van der Waals surface area contributed by atoms with Crippen molar-refractivity contribution in [3.63, 3.8) is 0 Å². The second-order valence-electron chi connectivity index (χ2n) is 6.48. The molecule has 1 amide bonds. The van der Waals surface area contributed by atoms with Crippen LogP contribution in [0.2, 0.25) is 0 Å². The molecule has 25 heavy (non-hydrogen) atoms. The number of carbonyl (C=O) groups excluding carboxylic acids is 1. The summed E-state index contributed by atoms with van der Waals surface area (Å²) in [6.45, 7) is 2.39. The zero-order valence-corrected chi connectivity index (χ0v) is 14.9. The molecule has 0 saturated heterocycles. The number of carbonyl (C=O) groups is 2. The van der Waals surface area contributed by atoms with E-state index in [1.807, 2.05) is 37.3 Å². The minimum absolute atomic E-state index is 0.128. The Bertz CT molecular complexity index is 576. The number of carboxylic acid groups (broad SMARTS) is 1. The Labute approximate surface area is 148 Å². The molecular weight excluding hydrogens is 322 g/mol. The van der Waals surface area contributed by atoms with Gasteiger partial charge in [0.1, 0.15) is 12.1 Å². The van der Waals surface area contributed by atoms with Crippen LogP contribution in [0.1, 0.15) is 44.6 Å². The number of amides is 1. The van der Waals surface area contributed by atoms with Crippen LogP contribution in [0, 0.1) is 0 Å². The highest BCUT2D eigenvalue weighted by Gasteiger charge is 2.50. The molecule has 1 aromatic rings. The standard InChI is InChI=1S/C19H27NO5/c1-3-12-20(18(23)25-14-15-8-5-4-6-9-15)19(17(21)22)11-7-10-16(13-19)24-2/h4-6,8-9,16H,3,7,10-14H2,1-2H3,(H,21,22). The molecule has 1 fully saturated rings. The van der Waals surface area contributed by atoms with Gasteiger partial charge in [-0.3, -0.25) is 4.90 Å². The van der Waals surface area contributed by atoms with Crippen molar-refractivity contribution >= 4 is 12.1 Å². The first kappa shape index (κ1) is 19.2. The first-order valence-electron chi connectivity index (χ1n) is 8.78. The van der Waals surface area contributed by atoms with Gasteiger partial charge in [0, 0.05) is 20.1 Å². The number of aliphatic carboxylic acids is 1. The van der Waals surface area contributed by atoms with E-state index in [2.05, 4.69) is 0 Å². The van der Waals surface area contributed by atoms with Crippen molar-refractivity contribution in [2.45, 2.75) is 57.3 Å². The third-order valence-corrected chi connectivity index (χ3v) is 4.80. The zero-order valence-electron chi connectivity index (χ0n) is 14.9. The monoisotopic (exact) mass is 349 g/mol. The van der Waals surface area contributed by atoms with Crippen molar-refractivity contribution in [1.82, 2.24) is 4.90 Å².